The van der Waals surface area contributed by atoms with Crippen LogP contribution in [-0.4, -0.2) is 11.4 Å². The first-order chi connectivity index (χ1) is 4.34. The molecule has 0 heterocycles. The Balaban J connectivity index is 0.000000810. The van der Waals surface area contributed by atoms with Crippen molar-refractivity contribution in [3.63, 3.8) is 0 Å². The molecular formula is C7H6O2Zn+2. The topological polar surface area (TPSA) is 37.3 Å². The third-order valence-electron chi connectivity index (χ3n) is 1.06. The number of rotatable bonds is 1. The first-order valence-corrected chi connectivity index (χ1v) is 2.58. The van der Waals surface area contributed by atoms with Crippen molar-refractivity contribution in [1.82, 2.24) is 0 Å². The monoisotopic (exact) mass is 186 g/mol. The Morgan fingerprint density at radius 2 is 1.90 bits per heavy atom. The molecule has 0 aliphatic carbocycles. The molecule has 1 N–H and O–H groups in total. The normalized spacial score (nSPS) is 8.00. The number of carbonyl (C=O) groups excluding carboxylic acids is 1. The van der Waals surface area contributed by atoms with Crippen molar-refractivity contribution in [3.05, 3.63) is 29.8 Å². The summed E-state index contributed by atoms with van der Waals surface area (Å²) in [6, 6.07) is 6.40. The summed E-state index contributed by atoms with van der Waals surface area (Å²) in [6.07, 6.45) is 0.620. The van der Waals surface area contributed by atoms with Crippen LogP contribution in [0.3, 0.4) is 0 Å². The molecule has 10 heavy (non-hydrogen) atoms. The minimum Gasteiger partial charge on any atom is -0.507 e. The number of hydrogen-bond acceptors (Lipinski definition) is 2. The smallest absolute Gasteiger partial charge is 0.507 e. The summed E-state index contributed by atoms with van der Waals surface area (Å²) in [5.74, 6) is 0.0347. The van der Waals surface area contributed by atoms with Crippen LogP contribution in [0.5, 0.6) is 5.75 Å². The molecule has 0 amide bonds. The summed E-state index contributed by atoms with van der Waals surface area (Å²) in [4.78, 5) is 10.1. The number of carbonyl (C=O) groups is 1. The van der Waals surface area contributed by atoms with Crippen molar-refractivity contribution >= 4 is 6.29 Å². The molecule has 1 aromatic carbocycles. The fraction of sp³-hybridized carbons (Fsp3) is 0. The Labute approximate surface area is 71.6 Å². The summed E-state index contributed by atoms with van der Waals surface area (Å²) in [7, 11) is 0. The van der Waals surface area contributed by atoms with Crippen molar-refractivity contribution in [3.8, 4) is 5.75 Å². The third-order valence-corrected chi connectivity index (χ3v) is 1.06. The first kappa shape index (κ1) is 9.31. The second kappa shape index (κ2) is 4.18. The van der Waals surface area contributed by atoms with Crippen molar-refractivity contribution in [1.29, 1.82) is 0 Å². The Hall–Kier alpha value is -0.687. The molecule has 0 aliphatic heterocycles. The van der Waals surface area contributed by atoms with Crippen LogP contribution in [0.15, 0.2) is 24.3 Å². The molecule has 0 spiro atoms. The zero-order valence-corrected chi connectivity index (χ0v) is 8.42. The summed E-state index contributed by atoms with van der Waals surface area (Å²) >= 11 is 0. The van der Waals surface area contributed by atoms with Crippen molar-refractivity contribution in [2.75, 3.05) is 0 Å². The van der Waals surface area contributed by atoms with Gasteiger partial charge >= 0.3 is 19.5 Å². The SMILES string of the molecule is O=Cc1ccccc1O.[Zn+2]. The van der Waals surface area contributed by atoms with Gasteiger partial charge in [-0.05, 0) is 12.1 Å². The number of hydrogen-bond donors (Lipinski definition) is 1. The van der Waals surface area contributed by atoms with Crippen LogP contribution >= 0.6 is 0 Å². The Morgan fingerprint density at radius 3 is 2.30 bits per heavy atom. The van der Waals surface area contributed by atoms with Crippen LogP contribution in [0, 0.1) is 0 Å². The van der Waals surface area contributed by atoms with Crippen LogP contribution in [-0.2, 0) is 19.5 Å². The van der Waals surface area contributed by atoms with Crippen molar-refractivity contribution in [2.24, 2.45) is 0 Å². The van der Waals surface area contributed by atoms with Crippen LogP contribution in [0.4, 0.5) is 0 Å². The molecule has 0 fully saturated rings. The molecule has 0 aliphatic rings. The molecule has 1 aromatic rings. The Kier molecular flexibility index (Phi) is 3.89. The van der Waals surface area contributed by atoms with Gasteiger partial charge in [-0.15, -0.1) is 0 Å². The third kappa shape index (κ3) is 1.92. The molecular weight excluding hydrogens is 181 g/mol. The van der Waals surface area contributed by atoms with E-state index in [0.717, 1.165) is 0 Å². The van der Waals surface area contributed by atoms with Crippen LogP contribution in [0.25, 0.3) is 0 Å². The molecule has 0 bridgehead atoms. The van der Waals surface area contributed by atoms with Gasteiger partial charge in [0.25, 0.3) is 0 Å². The van der Waals surface area contributed by atoms with Gasteiger partial charge < -0.3 is 5.11 Å². The van der Waals surface area contributed by atoms with E-state index in [4.69, 9.17) is 5.11 Å². The van der Waals surface area contributed by atoms with Crippen LogP contribution in [0.1, 0.15) is 10.4 Å². The standard InChI is InChI=1S/C7H6O2.Zn/c8-5-6-3-1-2-4-7(6)9;/h1-5,9H;/q;+2. The van der Waals surface area contributed by atoms with E-state index in [1.165, 1.54) is 6.07 Å². The Bertz CT molecular complexity index is 223. The second-order valence-electron chi connectivity index (χ2n) is 1.68. The number of aldehydes is 1. The average Bonchev–Trinajstić information content (AvgIpc) is 1.89. The van der Waals surface area contributed by atoms with E-state index in [0.29, 0.717) is 11.8 Å². The molecule has 2 nitrogen and oxygen atoms in total. The second-order valence-corrected chi connectivity index (χ2v) is 1.68. The average molecular weight is 188 g/mol. The largest absolute Gasteiger partial charge is 2.00 e. The molecule has 0 aromatic heterocycles. The summed E-state index contributed by atoms with van der Waals surface area (Å²) in [5.41, 5.74) is 0.331. The van der Waals surface area contributed by atoms with E-state index in [-0.39, 0.29) is 25.2 Å². The minimum absolute atomic E-state index is 0. The first-order valence-electron chi connectivity index (χ1n) is 2.58. The molecule has 0 unspecified atom stereocenters. The minimum atomic E-state index is 0. The predicted octanol–water partition coefficient (Wildman–Crippen LogP) is 1.20. The van der Waals surface area contributed by atoms with Crippen LogP contribution in [0.2, 0.25) is 0 Å². The maximum Gasteiger partial charge on any atom is 2.00 e. The van der Waals surface area contributed by atoms with Gasteiger partial charge in [0.15, 0.2) is 6.29 Å². The quantitative estimate of drug-likeness (QED) is 0.530. The van der Waals surface area contributed by atoms with Gasteiger partial charge in [0.2, 0.25) is 0 Å². The molecule has 3 heteroatoms. The number of phenolic OH excluding ortho intramolecular Hbond substituents is 1. The van der Waals surface area contributed by atoms with Crippen molar-refractivity contribution in [2.45, 2.75) is 0 Å². The number of phenols is 1. The van der Waals surface area contributed by atoms with Crippen LogP contribution < -0.4 is 0 Å². The van der Waals surface area contributed by atoms with Gasteiger partial charge in [-0.25, -0.2) is 0 Å². The number of aromatic hydroxyl groups is 1. The zero-order chi connectivity index (χ0) is 6.69. The van der Waals surface area contributed by atoms with Gasteiger partial charge in [-0.3, -0.25) is 4.79 Å². The summed E-state index contributed by atoms with van der Waals surface area (Å²) in [5, 5.41) is 8.88. The van der Waals surface area contributed by atoms with Crippen molar-refractivity contribution < 1.29 is 29.4 Å². The van der Waals surface area contributed by atoms with Gasteiger partial charge in [0, 0.05) is 0 Å². The van der Waals surface area contributed by atoms with E-state index in [2.05, 4.69) is 0 Å². The molecule has 0 atom stereocenters. The van der Waals surface area contributed by atoms with Gasteiger partial charge in [0.05, 0.1) is 5.56 Å². The summed E-state index contributed by atoms with van der Waals surface area (Å²) < 4.78 is 0. The predicted molar refractivity (Wildman–Crippen MR) is 33.5 cm³/mol. The fourth-order valence-electron chi connectivity index (χ4n) is 0.587. The van der Waals surface area contributed by atoms with E-state index in [1.807, 2.05) is 0 Å². The fourth-order valence-corrected chi connectivity index (χ4v) is 0.587. The van der Waals surface area contributed by atoms with E-state index in [1.54, 1.807) is 18.2 Å². The molecule has 0 saturated carbocycles. The van der Waals surface area contributed by atoms with E-state index in [9.17, 15) is 4.79 Å². The molecule has 46 valence electrons. The van der Waals surface area contributed by atoms with Gasteiger partial charge in [0.1, 0.15) is 5.75 Å². The maximum atomic E-state index is 10.1. The van der Waals surface area contributed by atoms with Gasteiger partial charge in [-0.1, -0.05) is 12.1 Å². The molecule has 0 radical (unpaired) electrons. The zero-order valence-electron chi connectivity index (χ0n) is 5.45. The molecule has 1 rings (SSSR count). The van der Waals surface area contributed by atoms with E-state index < -0.39 is 0 Å². The number of benzene rings is 1. The number of para-hydroxylation sites is 1. The Morgan fingerprint density at radius 1 is 1.30 bits per heavy atom. The molecule has 0 saturated heterocycles. The van der Waals surface area contributed by atoms with E-state index >= 15 is 0 Å². The van der Waals surface area contributed by atoms with Gasteiger partial charge in [-0.2, -0.15) is 0 Å². The summed E-state index contributed by atoms with van der Waals surface area (Å²) in [6.45, 7) is 0. The maximum absolute atomic E-state index is 10.1.